The fourth-order valence-corrected chi connectivity index (χ4v) is 3.67. The second kappa shape index (κ2) is 8.71. The number of amides is 1. The lowest BCUT2D eigenvalue weighted by molar-refractivity contribution is -0.165. The lowest BCUT2D eigenvalue weighted by atomic mass is 9.79. The molecule has 142 valence electrons. The first-order valence-corrected chi connectivity index (χ1v) is 9.19. The number of methoxy groups -OCH3 is 2. The number of nitrogens with zero attached hydrogens (tertiary/aromatic N) is 1. The Kier molecular flexibility index (Phi) is 6.12. The molecule has 5 nitrogen and oxygen atoms in total. The van der Waals surface area contributed by atoms with Crippen molar-refractivity contribution in [2.75, 3.05) is 20.8 Å². The van der Waals surface area contributed by atoms with Gasteiger partial charge < -0.3 is 14.4 Å². The van der Waals surface area contributed by atoms with Gasteiger partial charge in [-0.05, 0) is 42.5 Å². The highest BCUT2D eigenvalue weighted by molar-refractivity contribution is 5.90. The van der Waals surface area contributed by atoms with E-state index in [2.05, 4.69) is 12.1 Å². The van der Waals surface area contributed by atoms with Gasteiger partial charge in [-0.25, -0.2) is 0 Å². The average Bonchev–Trinajstić information content (AvgIpc) is 2.72. The number of ether oxygens (including phenoxy) is 2. The Bertz CT molecular complexity index is 773. The molecule has 0 bridgehead atoms. The standard InChI is InChI=1S/C22H25NO4/c1-26-18-13-11-17(12-14-18)21-19(22(25)23(21)15-20(24)27-2)10-6-9-16-7-4-3-5-8-16/h3-5,7-8,11-14,19,21H,6,9-10,15H2,1-2H3/t19-,21-/m0/s1. The van der Waals surface area contributed by atoms with Gasteiger partial charge in [0.05, 0.1) is 26.2 Å². The minimum absolute atomic E-state index is 0.0127. The van der Waals surface area contributed by atoms with Crippen LogP contribution < -0.4 is 4.74 Å². The summed E-state index contributed by atoms with van der Waals surface area (Å²) in [7, 11) is 2.96. The molecule has 1 aliphatic rings. The summed E-state index contributed by atoms with van der Waals surface area (Å²) in [6.07, 6.45) is 2.66. The Morgan fingerprint density at radius 1 is 1.04 bits per heavy atom. The van der Waals surface area contributed by atoms with Crippen molar-refractivity contribution in [1.82, 2.24) is 4.90 Å². The van der Waals surface area contributed by atoms with Gasteiger partial charge in [-0.3, -0.25) is 9.59 Å². The van der Waals surface area contributed by atoms with Gasteiger partial charge in [-0.1, -0.05) is 42.5 Å². The number of benzene rings is 2. The largest absolute Gasteiger partial charge is 0.497 e. The topological polar surface area (TPSA) is 55.8 Å². The van der Waals surface area contributed by atoms with Gasteiger partial charge in [0.2, 0.25) is 5.91 Å². The molecule has 1 aliphatic heterocycles. The molecular formula is C22H25NO4. The molecule has 0 aromatic heterocycles. The molecule has 0 unspecified atom stereocenters. The van der Waals surface area contributed by atoms with Crippen LogP contribution in [0, 0.1) is 5.92 Å². The summed E-state index contributed by atoms with van der Waals surface area (Å²) in [4.78, 5) is 26.0. The van der Waals surface area contributed by atoms with Crippen molar-refractivity contribution >= 4 is 11.9 Å². The van der Waals surface area contributed by atoms with Crippen molar-refractivity contribution in [3.05, 3.63) is 65.7 Å². The van der Waals surface area contributed by atoms with Gasteiger partial charge in [-0.2, -0.15) is 0 Å². The number of aryl methyl sites for hydroxylation is 1. The summed E-state index contributed by atoms with van der Waals surface area (Å²) < 4.78 is 9.96. The fraction of sp³-hybridized carbons (Fsp3) is 0.364. The molecular weight excluding hydrogens is 342 g/mol. The summed E-state index contributed by atoms with van der Waals surface area (Å²) in [6, 6.07) is 17.9. The molecule has 2 aromatic carbocycles. The molecule has 2 aromatic rings. The van der Waals surface area contributed by atoms with Crippen molar-refractivity contribution < 1.29 is 19.1 Å². The van der Waals surface area contributed by atoms with Crippen molar-refractivity contribution in [1.29, 1.82) is 0 Å². The first-order valence-electron chi connectivity index (χ1n) is 9.19. The van der Waals surface area contributed by atoms with Crippen LogP contribution in [0.3, 0.4) is 0 Å². The van der Waals surface area contributed by atoms with E-state index in [1.54, 1.807) is 12.0 Å². The molecule has 0 saturated carbocycles. The monoisotopic (exact) mass is 367 g/mol. The molecule has 3 rings (SSSR count). The van der Waals surface area contributed by atoms with E-state index in [0.717, 1.165) is 30.6 Å². The summed E-state index contributed by atoms with van der Waals surface area (Å²) >= 11 is 0. The van der Waals surface area contributed by atoms with Crippen LogP contribution in [0.2, 0.25) is 0 Å². The smallest absolute Gasteiger partial charge is 0.325 e. The van der Waals surface area contributed by atoms with Gasteiger partial charge in [-0.15, -0.1) is 0 Å². The number of esters is 1. The zero-order valence-electron chi connectivity index (χ0n) is 15.8. The lowest BCUT2D eigenvalue weighted by Crippen LogP contribution is -2.56. The van der Waals surface area contributed by atoms with Crippen molar-refractivity contribution in [3.8, 4) is 5.75 Å². The molecule has 27 heavy (non-hydrogen) atoms. The number of carbonyl (C=O) groups is 2. The van der Waals surface area contributed by atoms with E-state index in [-0.39, 0.29) is 24.4 Å². The predicted molar refractivity (Wildman–Crippen MR) is 102 cm³/mol. The molecule has 0 N–H and O–H groups in total. The lowest BCUT2D eigenvalue weighted by Gasteiger charge is -2.47. The van der Waals surface area contributed by atoms with Gasteiger partial charge >= 0.3 is 5.97 Å². The highest BCUT2D eigenvalue weighted by atomic mass is 16.5. The zero-order valence-corrected chi connectivity index (χ0v) is 15.8. The van der Waals surface area contributed by atoms with Crippen LogP contribution in [0.15, 0.2) is 54.6 Å². The molecule has 2 atom stereocenters. The molecule has 1 heterocycles. The van der Waals surface area contributed by atoms with Crippen molar-refractivity contribution in [3.63, 3.8) is 0 Å². The van der Waals surface area contributed by atoms with E-state index in [4.69, 9.17) is 9.47 Å². The third-order valence-electron chi connectivity index (χ3n) is 5.13. The van der Waals surface area contributed by atoms with Gasteiger partial charge in [0.25, 0.3) is 0 Å². The molecule has 5 heteroatoms. The Morgan fingerprint density at radius 3 is 2.37 bits per heavy atom. The highest BCUT2D eigenvalue weighted by Gasteiger charge is 2.48. The van der Waals surface area contributed by atoms with Crippen LogP contribution in [0.5, 0.6) is 5.75 Å². The van der Waals surface area contributed by atoms with Crippen LogP contribution in [0.25, 0.3) is 0 Å². The maximum absolute atomic E-state index is 12.7. The van der Waals surface area contributed by atoms with E-state index in [1.165, 1.54) is 12.7 Å². The minimum Gasteiger partial charge on any atom is -0.497 e. The molecule has 0 radical (unpaired) electrons. The summed E-state index contributed by atoms with van der Waals surface area (Å²) in [5, 5.41) is 0. The molecule has 0 spiro atoms. The number of β-lactam (4-membered cyclic amide) rings is 1. The van der Waals surface area contributed by atoms with Crippen LogP contribution in [0.1, 0.15) is 30.0 Å². The average molecular weight is 367 g/mol. The minimum atomic E-state index is -0.399. The molecule has 1 fully saturated rings. The normalized spacial score (nSPS) is 18.7. The van der Waals surface area contributed by atoms with Gasteiger partial charge in [0.15, 0.2) is 0 Å². The highest BCUT2D eigenvalue weighted by Crippen LogP contribution is 2.43. The zero-order chi connectivity index (χ0) is 19.2. The predicted octanol–water partition coefficient (Wildman–Crippen LogP) is 3.39. The van der Waals surface area contributed by atoms with Gasteiger partial charge in [0, 0.05) is 0 Å². The Balaban J connectivity index is 1.70. The first-order chi connectivity index (χ1) is 13.1. The van der Waals surface area contributed by atoms with Crippen molar-refractivity contribution in [2.24, 2.45) is 5.92 Å². The number of likely N-dealkylation sites (tertiary alicyclic amines) is 1. The van der Waals surface area contributed by atoms with Crippen LogP contribution in [-0.4, -0.2) is 37.5 Å². The molecule has 1 amide bonds. The van der Waals surface area contributed by atoms with Gasteiger partial charge in [0.1, 0.15) is 12.3 Å². The van der Waals surface area contributed by atoms with Crippen LogP contribution in [0.4, 0.5) is 0 Å². The SMILES string of the molecule is COC(=O)CN1C(=O)[C@@H](CCCc2ccccc2)[C@@H]1c1ccc(OC)cc1. The second-order valence-corrected chi connectivity index (χ2v) is 6.74. The third kappa shape index (κ3) is 4.30. The van der Waals surface area contributed by atoms with E-state index in [0.29, 0.717) is 0 Å². The summed E-state index contributed by atoms with van der Waals surface area (Å²) in [6.45, 7) is -0.0127. The Hall–Kier alpha value is -2.82. The summed E-state index contributed by atoms with van der Waals surface area (Å²) in [5.74, 6) is 0.287. The number of hydrogen-bond acceptors (Lipinski definition) is 4. The quantitative estimate of drug-likeness (QED) is 0.530. The third-order valence-corrected chi connectivity index (χ3v) is 5.13. The van der Waals surface area contributed by atoms with E-state index < -0.39 is 5.97 Å². The molecule has 0 aliphatic carbocycles. The maximum atomic E-state index is 12.7. The number of hydrogen-bond donors (Lipinski definition) is 0. The number of carbonyl (C=O) groups excluding carboxylic acids is 2. The first kappa shape index (κ1) is 19.0. The summed E-state index contributed by atoms with van der Waals surface area (Å²) in [5.41, 5.74) is 2.29. The van der Waals surface area contributed by atoms with Crippen molar-refractivity contribution in [2.45, 2.75) is 25.3 Å². The molecule has 1 saturated heterocycles. The second-order valence-electron chi connectivity index (χ2n) is 6.74. The van der Waals surface area contributed by atoms with E-state index in [1.807, 2.05) is 42.5 Å². The Labute approximate surface area is 159 Å². The Morgan fingerprint density at radius 2 is 1.74 bits per heavy atom. The number of rotatable bonds is 8. The van der Waals surface area contributed by atoms with Crippen LogP contribution in [-0.2, 0) is 20.7 Å². The van der Waals surface area contributed by atoms with E-state index >= 15 is 0 Å². The van der Waals surface area contributed by atoms with E-state index in [9.17, 15) is 9.59 Å². The fourth-order valence-electron chi connectivity index (χ4n) is 3.67. The maximum Gasteiger partial charge on any atom is 0.325 e. The van der Waals surface area contributed by atoms with Crippen LogP contribution >= 0.6 is 0 Å².